The zero-order valence-electron chi connectivity index (χ0n) is 13.9. The Kier molecular flexibility index (Phi) is 4.22. The monoisotopic (exact) mass is 363 g/mol. The molecule has 1 aliphatic heterocycles. The third-order valence-electron chi connectivity index (χ3n) is 4.33. The Morgan fingerprint density at radius 1 is 1.44 bits per heavy atom. The molecule has 0 bridgehead atoms. The molecule has 8 nitrogen and oxygen atoms in total. The molecule has 2 atom stereocenters. The second-order valence-electron chi connectivity index (χ2n) is 6.02. The standard InChI is InChI=1S/C15H18FN7OS/c1-9-5-10(24-15-21-20-12-6-18-3-4-23(12)15)7-22(9)8-11-13(16)19-14(17-2)25-11/h3-4,6,9-10H,5,7-8H2,1-2H3,(H,17,19). The Hall–Kier alpha value is -2.33. The van der Waals surface area contributed by atoms with E-state index in [4.69, 9.17) is 4.74 Å². The lowest BCUT2D eigenvalue weighted by molar-refractivity contribution is 0.179. The molecule has 2 unspecified atom stereocenters. The van der Waals surface area contributed by atoms with Gasteiger partial charge in [-0.15, -0.1) is 5.10 Å². The molecule has 25 heavy (non-hydrogen) atoms. The molecular formula is C15H18FN7OS. The van der Waals surface area contributed by atoms with Crippen LogP contribution < -0.4 is 10.1 Å². The van der Waals surface area contributed by atoms with E-state index in [1.165, 1.54) is 11.3 Å². The summed E-state index contributed by atoms with van der Waals surface area (Å²) in [5.41, 5.74) is 0.645. The van der Waals surface area contributed by atoms with E-state index in [1.54, 1.807) is 30.0 Å². The summed E-state index contributed by atoms with van der Waals surface area (Å²) in [5.74, 6) is -0.401. The third kappa shape index (κ3) is 3.14. The Morgan fingerprint density at radius 3 is 3.12 bits per heavy atom. The molecule has 3 aromatic rings. The van der Waals surface area contributed by atoms with Crippen LogP contribution in [0, 0.1) is 5.95 Å². The first-order valence-electron chi connectivity index (χ1n) is 8.02. The van der Waals surface area contributed by atoms with Gasteiger partial charge in [-0.2, -0.15) is 9.37 Å². The maximum atomic E-state index is 13.9. The summed E-state index contributed by atoms with van der Waals surface area (Å²) in [5, 5.41) is 11.6. The number of ether oxygens (including phenoxy) is 1. The molecule has 10 heteroatoms. The summed E-state index contributed by atoms with van der Waals surface area (Å²) >= 11 is 1.34. The first-order chi connectivity index (χ1) is 12.1. The summed E-state index contributed by atoms with van der Waals surface area (Å²) in [6.45, 7) is 3.34. The largest absolute Gasteiger partial charge is 0.459 e. The molecule has 1 fully saturated rings. The number of fused-ring (bicyclic) bond motifs is 1. The quantitative estimate of drug-likeness (QED) is 0.740. The molecule has 0 aromatic carbocycles. The Bertz CT molecular complexity index is 882. The number of nitrogens with one attached hydrogen (secondary N) is 1. The Labute approximate surface area is 147 Å². The van der Waals surface area contributed by atoms with Gasteiger partial charge in [-0.1, -0.05) is 16.4 Å². The van der Waals surface area contributed by atoms with Crippen LogP contribution in [-0.4, -0.2) is 55.2 Å². The van der Waals surface area contributed by atoms with Crippen LogP contribution in [0.5, 0.6) is 6.01 Å². The highest BCUT2D eigenvalue weighted by atomic mass is 32.1. The fraction of sp³-hybridized carbons (Fsp3) is 0.467. The number of nitrogens with zero attached hydrogens (tertiary/aromatic N) is 6. The maximum Gasteiger partial charge on any atom is 0.321 e. The number of thiazole rings is 1. The van der Waals surface area contributed by atoms with E-state index in [0.29, 0.717) is 34.8 Å². The normalized spacial score (nSPS) is 21.1. The highest BCUT2D eigenvalue weighted by molar-refractivity contribution is 7.15. The van der Waals surface area contributed by atoms with Crippen molar-refractivity contribution in [2.45, 2.75) is 32.0 Å². The zero-order valence-corrected chi connectivity index (χ0v) is 14.7. The van der Waals surface area contributed by atoms with E-state index in [0.717, 1.165) is 6.42 Å². The van der Waals surface area contributed by atoms with Gasteiger partial charge in [0.25, 0.3) is 0 Å². The molecule has 0 aliphatic carbocycles. The van der Waals surface area contributed by atoms with Crippen molar-refractivity contribution in [3.8, 4) is 6.01 Å². The van der Waals surface area contributed by atoms with Crippen LogP contribution in [0.15, 0.2) is 18.6 Å². The van der Waals surface area contributed by atoms with Gasteiger partial charge in [0.2, 0.25) is 5.95 Å². The summed E-state index contributed by atoms with van der Waals surface area (Å²) in [4.78, 5) is 10.7. The number of halogens is 1. The molecule has 4 heterocycles. The number of aromatic nitrogens is 5. The summed E-state index contributed by atoms with van der Waals surface area (Å²) < 4.78 is 21.7. The van der Waals surface area contributed by atoms with Crippen molar-refractivity contribution >= 4 is 22.1 Å². The predicted octanol–water partition coefficient (Wildman–Crippen LogP) is 1.80. The highest BCUT2D eigenvalue weighted by Gasteiger charge is 2.32. The van der Waals surface area contributed by atoms with E-state index in [2.05, 4.69) is 37.3 Å². The predicted molar refractivity (Wildman–Crippen MR) is 91.3 cm³/mol. The summed E-state index contributed by atoms with van der Waals surface area (Å²) in [6, 6.07) is 0.739. The van der Waals surface area contributed by atoms with Gasteiger partial charge in [0.05, 0.1) is 11.1 Å². The van der Waals surface area contributed by atoms with Gasteiger partial charge < -0.3 is 10.1 Å². The van der Waals surface area contributed by atoms with Crippen molar-refractivity contribution in [2.75, 3.05) is 18.9 Å². The van der Waals surface area contributed by atoms with E-state index in [-0.39, 0.29) is 12.1 Å². The molecule has 0 saturated carbocycles. The minimum atomic E-state index is -0.401. The lowest BCUT2D eigenvalue weighted by Gasteiger charge is -2.19. The number of rotatable bonds is 5. The molecule has 4 rings (SSSR count). The van der Waals surface area contributed by atoms with Crippen molar-refractivity contribution in [2.24, 2.45) is 0 Å². The van der Waals surface area contributed by atoms with Gasteiger partial charge in [-0.25, -0.2) is 4.40 Å². The highest BCUT2D eigenvalue weighted by Crippen LogP contribution is 2.28. The molecule has 0 radical (unpaired) electrons. The van der Waals surface area contributed by atoms with Crippen LogP contribution >= 0.6 is 11.3 Å². The smallest absolute Gasteiger partial charge is 0.321 e. The first kappa shape index (κ1) is 16.2. The Morgan fingerprint density at radius 2 is 2.32 bits per heavy atom. The van der Waals surface area contributed by atoms with Crippen LogP contribution in [0.25, 0.3) is 5.65 Å². The first-order valence-corrected chi connectivity index (χ1v) is 8.84. The van der Waals surface area contributed by atoms with Gasteiger partial charge in [-0.3, -0.25) is 9.88 Å². The number of anilines is 1. The summed E-state index contributed by atoms with van der Waals surface area (Å²) in [7, 11) is 1.74. The number of likely N-dealkylation sites (tertiary alicyclic amines) is 1. The van der Waals surface area contributed by atoms with E-state index >= 15 is 0 Å². The van der Waals surface area contributed by atoms with Crippen molar-refractivity contribution in [3.63, 3.8) is 0 Å². The van der Waals surface area contributed by atoms with Crippen molar-refractivity contribution in [3.05, 3.63) is 29.4 Å². The van der Waals surface area contributed by atoms with E-state index < -0.39 is 5.95 Å². The van der Waals surface area contributed by atoms with Crippen LogP contribution in [-0.2, 0) is 6.54 Å². The topological polar surface area (TPSA) is 80.5 Å². The minimum Gasteiger partial charge on any atom is -0.459 e. The fourth-order valence-electron chi connectivity index (χ4n) is 3.03. The van der Waals surface area contributed by atoms with Crippen LogP contribution in [0.4, 0.5) is 9.52 Å². The molecule has 0 spiro atoms. The average Bonchev–Trinajstić information content (AvgIpc) is 3.28. The van der Waals surface area contributed by atoms with Gasteiger partial charge in [0.15, 0.2) is 10.8 Å². The Balaban J connectivity index is 1.45. The van der Waals surface area contributed by atoms with E-state index in [9.17, 15) is 4.39 Å². The van der Waals surface area contributed by atoms with Crippen LogP contribution in [0.1, 0.15) is 18.2 Å². The average molecular weight is 363 g/mol. The number of hydrogen-bond donors (Lipinski definition) is 1. The van der Waals surface area contributed by atoms with Gasteiger partial charge in [-0.05, 0) is 6.92 Å². The molecule has 1 saturated heterocycles. The van der Waals surface area contributed by atoms with Crippen LogP contribution in [0.3, 0.4) is 0 Å². The van der Waals surface area contributed by atoms with Gasteiger partial charge >= 0.3 is 6.01 Å². The number of hydrogen-bond acceptors (Lipinski definition) is 8. The van der Waals surface area contributed by atoms with E-state index in [1.807, 2.05) is 0 Å². The van der Waals surface area contributed by atoms with Gasteiger partial charge in [0.1, 0.15) is 6.10 Å². The molecule has 0 amide bonds. The second-order valence-corrected chi connectivity index (χ2v) is 7.11. The molecule has 132 valence electrons. The maximum absolute atomic E-state index is 13.9. The van der Waals surface area contributed by atoms with Crippen molar-refractivity contribution in [1.29, 1.82) is 0 Å². The van der Waals surface area contributed by atoms with Crippen LogP contribution in [0.2, 0.25) is 0 Å². The molecule has 1 N–H and O–H groups in total. The van der Waals surface area contributed by atoms with Crippen molar-refractivity contribution in [1.82, 2.24) is 29.5 Å². The minimum absolute atomic E-state index is 0.0182. The SMILES string of the molecule is CNc1nc(F)c(CN2CC(Oc3nnc4cnccn34)CC2C)s1. The molecule has 1 aliphatic rings. The lowest BCUT2D eigenvalue weighted by atomic mass is 10.2. The zero-order chi connectivity index (χ0) is 17.4. The molecular weight excluding hydrogens is 345 g/mol. The van der Waals surface area contributed by atoms with Gasteiger partial charge in [0, 0.05) is 45.0 Å². The van der Waals surface area contributed by atoms with Crippen molar-refractivity contribution < 1.29 is 9.13 Å². The fourth-order valence-corrected chi connectivity index (χ4v) is 3.86. The molecule has 3 aromatic heterocycles. The summed E-state index contributed by atoms with van der Waals surface area (Å²) in [6.07, 6.45) is 5.90. The third-order valence-corrected chi connectivity index (χ3v) is 5.36. The lowest BCUT2D eigenvalue weighted by Crippen LogP contribution is -2.28. The second kappa shape index (κ2) is 6.52.